The Morgan fingerprint density at radius 2 is 2.04 bits per heavy atom. The molecule has 1 N–H and O–H groups in total. The first kappa shape index (κ1) is 17.3. The zero-order valence-electron chi connectivity index (χ0n) is 16.0. The van der Waals surface area contributed by atoms with Crippen LogP contribution < -0.4 is 0 Å². The molecule has 1 saturated heterocycles. The van der Waals surface area contributed by atoms with Crippen LogP contribution in [0.2, 0.25) is 0 Å². The zero-order valence-corrected chi connectivity index (χ0v) is 16.0. The van der Waals surface area contributed by atoms with E-state index in [1.807, 2.05) is 12.5 Å². The van der Waals surface area contributed by atoms with Gasteiger partial charge in [0.1, 0.15) is 0 Å². The summed E-state index contributed by atoms with van der Waals surface area (Å²) in [6.45, 7) is 11.4. The van der Waals surface area contributed by atoms with Crippen molar-refractivity contribution in [1.29, 1.82) is 0 Å². The van der Waals surface area contributed by atoms with Crippen molar-refractivity contribution in [2.75, 3.05) is 32.8 Å². The fourth-order valence-corrected chi connectivity index (χ4v) is 3.98. The number of hydrogen-bond acceptors (Lipinski definition) is 3. The van der Waals surface area contributed by atoms with Gasteiger partial charge in [-0.3, -0.25) is 4.90 Å². The Bertz CT molecular complexity index is 889. The molecule has 1 aliphatic heterocycles. The Kier molecular flexibility index (Phi) is 4.83. The number of imidazole rings is 1. The van der Waals surface area contributed by atoms with Crippen LogP contribution in [0.4, 0.5) is 0 Å². The molecule has 1 atom stereocenters. The third kappa shape index (κ3) is 3.17. The quantitative estimate of drug-likeness (QED) is 0.757. The number of nitrogens with zero attached hydrogens (tertiary/aromatic N) is 3. The van der Waals surface area contributed by atoms with E-state index in [0.717, 1.165) is 39.3 Å². The molecule has 138 valence electrons. The third-order valence-corrected chi connectivity index (χ3v) is 5.57. The molecule has 1 aliphatic rings. The molecule has 0 aliphatic carbocycles. The third-order valence-electron chi connectivity index (χ3n) is 5.57. The molecule has 0 unspecified atom stereocenters. The van der Waals surface area contributed by atoms with E-state index in [1.54, 1.807) is 0 Å². The molecule has 3 aromatic rings. The minimum atomic E-state index is 0.415. The Morgan fingerprint density at radius 1 is 1.23 bits per heavy atom. The number of rotatable bonds is 5. The Balaban J connectivity index is 1.68. The fraction of sp³-hybridized carbons (Fsp3) is 0.476. The Hall–Kier alpha value is -2.11. The van der Waals surface area contributed by atoms with Crippen molar-refractivity contribution in [3.8, 4) is 11.4 Å². The van der Waals surface area contributed by atoms with Crippen molar-refractivity contribution in [3.63, 3.8) is 0 Å². The van der Waals surface area contributed by atoms with Gasteiger partial charge in [0.15, 0.2) is 0 Å². The molecule has 4 rings (SSSR count). The normalized spacial score (nSPS) is 17.0. The average molecular weight is 352 g/mol. The van der Waals surface area contributed by atoms with Gasteiger partial charge in [-0.1, -0.05) is 18.6 Å². The number of aryl methyl sites for hydroxylation is 2. The number of aromatic nitrogens is 3. The lowest BCUT2D eigenvalue weighted by molar-refractivity contribution is 0.0313. The first-order valence-corrected chi connectivity index (χ1v) is 9.58. The Morgan fingerprint density at radius 3 is 2.81 bits per heavy atom. The van der Waals surface area contributed by atoms with Crippen LogP contribution in [0.3, 0.4) is 0 Å². The number of fused-ring (bicyclic) bond motifs is 1. The van der Waals surface area contributed by atoms with Crippen LogP contribution in [-0.4, -0.2) is 52.3 Å². The van der Waals surface area contributed by atoms with E-state index in [4.69, 9.17) is 4.74 Å². The maximum atomic E-state index is 5.49. The van der Waals surface area contributed by atoms with E-state index in [1.165, 1.54) is 33.4 Å². The summed E-state index contributed by atoms with van der Waals surface area (Å²) >= 11 is 0. The standard InChI is InChI=1S/C21H28N4O/c1-4-17(13-24-7-9-26-10-8-24)25-14-22-12-20(25)21-16(3)18-11-15(2)5-6-19(18)23-21/h5-6,11-12,14,17,23H,4,7-10,13H2,1-3H3/t17-/m1/s1. The summed E-state index contributed by atoms with van der Waals surface area (Å²) in [5.74, 6) is 0. The molecule has 3 heterocycles. The van der Waals surface area contributed by atoms with E-state index < -0.39 is 0 Å². The first-order chi connectivity index (χ1) is 12.7. The summed E-state index contributed by atoms with van der Waals surface area (Å²) in [6.07, 6.45) is 5.06. The summed E-state index contributed by atoms with van der Waals surface area (Å²) in [6, 6.07) is 7.01. The van der Waals surface area contributed by atoms with Gasteiger partial charge in [0.2, 0.25) is 0 Å². The maximum absolute atomic E-state index is 5.49. The molecule has 0 radical (unpaired) electrons. The van der Waals surface area contributed by atoms with E-state index in [2.05, 4.69) is 58.4 Å². The van der Waals surface area contributed by atoms with E-state index >= 15 is 0 Å². The van der Waals surface area contributed by atoms with Gasteiger partial charge in [-0.15, -0.1) is 0 Å². The summed E-state index contributed by atoms with van der Waals surface area (Å²) < 4.78 is 7.84. The Labute approximate surface area is 155 Å². The lowest BCUT2D eigenvalue weighted by atomic mass is 10.1. The van der Waals surface area contributed by atoms with Gasteiger partial charge in [-0.2, -0.15) is 0 Å². The number of H-pyrrole nitrogens is 1. The highest BCUT2D eigenvalue weighted by Gasteiger charge is 2.21. The summed E-state index contributed by atoms with van der Waals surface area (Å²) in [5, 5.41) is 1.30. The van der Waals surface area contributed by atoms with Crippen LogP contribution in [0.25, 0.3) is 22.3 Å². The number of aromatic amines is 1. The highest BCUT2D eigenvalue weighted by atomic mass is 16.5. The van der Waals surface area contributed by atoms with Crippen molar-refractivity contribution in [2.45, 2.75) is 33.2 Å². The second kappa shape index (κ2) is 7.25. The van der Waals surface area contributed by atoms with Crippen molar-refractivity contribution >= 4 is 10.9 Å². The lowest BCUT2D eigenvalue weighted by Crippen LogP contribution is -2.39. The molecule has 1 fully saturated rings. The van der Waals surface area contributed by atoms with Crippen molar-refractivity contribution in [1.82, 2.24) is 19.4 Å². The smallest absolute Gasteiger partial charge is 0.0954 e. The van der Waals surface area contributed by atoms with Crippen LogP contribution in [-0.2, 0) is 4.74 Å². The molecule has 5 heteroatoms. The van der Waals surface area contributed by atoms with Crippen LogP contribution in [0.5, 0.6) is 0 Å². The highest BCUT2D eigenvalue weighted by Crippen LogP contribution is 2.32. The molecule has 1 aromatic carbocycles. The predicted molar refractivity (Wildman–Crippen MR) is 106 cm³/mol. The monoisotopic (exact) mass is 352 g/mol. The second-order valence-electron chi connectivity index (χ2n) is 7.34. The molecular weight excluding hydrogens is 324 g/mol. The minimum Gasteiger partial charge on any atom is -0.379 e. The van der Waals surface area contributed by atoms with E-state index in [-0.39, 0.29) is 0 Å². The van der Waals surface area contributed by atoms with E-state index in [9.17, 15) is 0 Å². The second-order valence-corrected chi connectivity index (χ2v) is 7.34. The molecule has 0 saturated carbocycles. The molecule has 5 nitrogen and oxygen atoms in total. The van der Waals surface area contributed by atoms with Gasteiger partial charge >= 0.3 is 0 Å². The van der Waals surface area contributed by atoms with Gasteiger partial charge in [0.25, 0.3) is 0 Å². The van der Waals surface area contributed by atoms with Crippen LogP contribution >= 0.6 is 0 Å². The number of morpholine rings is 1. The number of benzene rings is 1. The predicted octanol–water partition coefficient (Wildman–Crippen LogP) is 3.93. The highest BCUT2D eigenvalue weighted by molar-refractivity contribution is 5.90. The van der Waals surface area contributed by atoms with E-state index in [0.29, 0.717) is 6.04 Å². The number of ether oxygens (including phenoxy) is 1. The fourth-order valence-electron chi connectivity index (χ4n) is 3.98. The number of nitrogens with one attached hydrogen (secondary N) is 1. The van der Waals surface area contributed by atoms with Gasteiger partial charge in [-0.25, -0.2) is 4.98 Å². The molecule has 0 amide bonds. The number of hydrogen-bond donors (Lipinski definition) is 1. The lowest BCUT2D eigenvalue weighted by Gasteiger charge is -2.31. The summed E-state index contributed by atoms with van der Waals surface area (Å²) in [5.41, 5.74) is 6.14. The molecule has 2 aromatic heterocycles. The largest absolute Gasteiger partial charge is 0.379 e. The molecule has 0 bridgehead atoms. The van der Waals surface area contributed by atoms with Gasteiger partial charge in [0.05, 0.1) is 37.1 Å². The van der Waals surface area contributed by atoms with Gasteiger partial charge < -0.3 is 14.3 Å². The maximum Gasteiger partial charge on any atom is 0.0954 e. The average Bonchev–Trinajstić information content (AvgIpc) is 3.25. The van der Waals surface area contributed by atoms with Crippen molar-refractivity contribution in [2.24, 2.45) is 0 Å². The first-order valence-electron chi connectivity index (χ1n) is 9.58. The summed E-state index contributed by atoms with van der Waals surface area (Å²) in [7, 11) is 0. The van der Waals surface area contributed by atoms with Crippen molar-refractivity contribution < 1.29 is 4.74 Å². The zero-order chi connectivity index (χ0) is 18.1. The SMILES string of the molecule is CC[C@H](CN1CCOCC1)n1cncc1-c1[nH]c2ccc(C)cc2c1C. The topological polar surface area (TPSA) is 46.1 Å². The van der Waals surface area contributed by atoms with Crippen LogP contribution in [0.15, 0.2) is 30.7 Å². The molecule has 0 spiro atoms. The minimum absolute atomic E-state index is 0.415. The molecular formula is C21H28N4O. The van der Waals surface area contributed by atoms with Crippen molar-refractivity contribution in [3.05, 3.63) is 41.9 Å². The summed E-state index contributed by atoms with van der Waals surface area (Å²) in [4.78, 5) is 10.6. The van der Waals surface area contributed by atoms with Gasteiger partial charge in [-0.05, 0) is 38.0 Å². The van der Waals surface area contributed by atoms with Gasteiger partial charge in [0, 0.05) is 36.6 Å². The van der Waals surface area contributed by atoms with Crippen LogP contribution in [0.1, 0.15) is 30.5 Å². The van der Waals surface area contributed by atoms with Crippen LogP contribution in [0, 0.1) is 13.8 Å². The molecule has 26 heavy (non-hydrogen) atoms.